The van der Waals surface area contributed by atoms with E-state index in [4.69, 9.17) is 5.11 Å². The molecule has 2 atom stereocenters. The molecular formula is C12H16N2O4. The lowest BCUT2D eigenvalue weighted by Crippen LogP contribution is -2.46. The van der Waals surface area contributed by atoms with Crippen molar-refractivity contribution in [2.75, 3.05) is 6.54 Å². The molecule has 0 aliphatic carbocycles. The Bertz CT molecular complexity index is 468. The van der Waals surface area contributed by atoms with Gasteiger partial charge in [0, 0.05) is 18.7 Å². The summed E-state index contributed by atoms with van der Waals surface area (Å²) < 4.78 is 4.60. The minimum absolute atomic E-state index is 0.0633. The molecule has 1 aromatic heterocycles. The number of likely N-dealkylation sites (tertiary alicyclic amines) is 1. The van der Waals surface area contributed by atoms with Crippen LogP contribution in [0.5, 0.6) is 0 Å². The van der Waals surface area contributed by atoms with Gasteiger partial charge in [-0.05, 0) is 25.7 Å². The second kappa shape index (κ2) is 4.80. The molecule has 1 N–H and O–H groups in total. The molecule has 1 fully saturated rings. The van der Waals surface area contributed by atoms with Gasteiger partial charge in [-0.25, -0.2) is 4.79 Å². The average Bonchev–Trinajstić information content (AvgIpc) is 2.81. The predicted molar refractivity (Wildman–Crippen MR) is 62.4 cm³/mol. The molecule has 6 heteroatoms. The van der Waals surface area contributed by atoms with Crippen LogP contribution in [0.4, 0.5) is 0 Å². The topological polar surface area (TPSA) is 83.6 Å². The van der Waals surface area contributed by atoms with Crippen molar-refractivity contribution in [3.05, 3.63) is 17.5 Å². The van der Waals surface area contributed by atoms with Gasteiger partial charge in [-0.2, -0.15) is 0 Å². The van der Waals surface area contributed by atoms with E-state index in [-0.39, 0.29) is 23.4 Å². The van der Waals surface area contributed by atoms with Gasteiger partial charge in [-0.15, -0.1) is 0 Å². The van der Waals surface area contributed by atoms with E-state index in [1.54, 1.807) is 4.90 Å². The third-order valence-corrected chi connectivity index (χ3v) is 3.57. The molecule has 1 aliphatic heterocycles. The maximum absolute atomic E-state index is 12.2. The van der Waals surface area contributed by atoms with Crippen molar-refractivity contribution < 1.29 is 19.2 Å². The summed E-state index contributed by atoms with van der Waals surface area (Å²) in [6.07, 6.45) is 2.06. The van der Waals surface area contributed by atoms with Crippen molar-refractivity contribution in [1.82, 2.24) is 10.1 Å². The van der Waals surface area contributed by atoms with E-state index < -0.39 is 5.97 Å². The molecule has 6 nitrogen and oxygen atoms in total. The zero-order chi connectivity index (χ0) is 13.3. The minimum atomic E-state index is -1.22. The van der Waals surface area contributed by atoms with Gasteiger partial charge >= 0.3 is 5.97 Å². The van der Waals surface area contributed by atoms with E-state index in [1.165, 1.54) is 6.07 Å². The number of carboxylic acid groups (broad SMARTS) is 1. The van der Waals surface area contributed by atoms with E-state index in [0.29, 0.717) is 12.5 Å². The molecule has 2 heterocycles. The minimum Gasteiger partial charge on any atom is -0.475 e. The van der Waals surface area contributed by atoms with Crippen LogP contribution in [0, 0.1) is 5.92 Å². The Hall–Kier alpha value is -1.85. The lowest BCUT2D eigenvalue weighted by molar-refractivity contribution is 0.0538. The first-order valence-corrected chi connectivity index (χ1v) is 6.01. The van der Waals surface area contributed by atoms with Crippen LogP contribution in [0.3, 0.4) is 0 Å². The third kappa shape index (κ3) is 2.23. The van der Waals surface area contributed by atoms with Crippen molar-refractivity contribution in [3.63, 3.8) is 0 Å². The van der Waals surface area contributed by atoms with E-state index in [0.717, 1.165) is 12.8 Å². The number of piperidine rings is 1. The molecule has 98 valence electrons. The summed E-state index contributed by atoms with van der Waals surface area (Å²) in [7, 11) is 0. The molecule has 1 aliphatic rings. The Kier molecular flexibility index (Phi) is 3.36. The molecular weight excluding hydrogens is 236 g/mol. The van der Waals surface area contributed by atoms with Crippen LogP contribution in [0.1, 0.15) is 47.7 Å². The van der Waals surface area contributed by atoms with Crippen molar-refractivity contribution in [2.45, 2.75) is 32.7 Å². The number of aromatic nitrogens is 1. The van der Waals surface area contributed by atoms with Gasteiger partial charge in [-0.1, -0.05) is 12.1 Å². The molecule has 1 amide bonds. The third-order valence-electron chi connectivity index (χ3n) is 3.57. The maximum atomic E-state index is 12.2. The quantitative estimate of drug-likeness (QED) is 0.864. The van der Waals surface area contributed by atoms with E-state index in [1.807, 2.05) is 6.92 Å². The Morgan fingerprint density at radius 1 is 1.50 bits per heavy atom. The Morgan fingerprint density at radius 3 is 2.83 bits per heavy atom. The number of hydrogen-bond acceptors (Lipinski definition) is 4. The van der Waals surface area contributed by atoms with Crippen LogP contribution in [-0.4, -0.2) is 39.6 Å². The van der Waals surface area contributed by atoms with Crippen molar-refractivity contribution >= 4 is 11.9 Å². The van der Waals surface area contributed by atoms with Crippen molar-refractivity contribution in [3.8, 4) is 0 Å². The average molecular weight is 252 g/mol. The molecule has 0 spiro atoms. The number of carbonyl (C=O) groups excluding carboxylic acids is 1. The smallest absolute Gasteiger partial charge is 0.374 e. The highest BCUT2D eigenvalue weighted by molar-refractivity contribution is 5.95. The molecule has 2 unspecified atom stereocenters. The van der Waals surface area contributed by atoms with Gasteiger partial charge in [0.25, 0.3) is 5.91 Å². The van der Waals surface area contributed by atoms with Crippen LogP contribution in [0.25, 0.3) is 0 Å². The molecule has 0 aromatic carbocycles. The van der Waals surface area contributed by atoms with Gasteiger partial charge in [0.15, 0.2) is 5.69 Å². The summed E-state index contributed by atoms with van der Waals surface area (Å²) in [5, 5.41) is 12.3. The first kappa shape index (κ1) is 12.6. The number of rotatable bonds is 2. The monoisotopic (exact) mass is 252 g/mol. The zero-order valence-corrected chi connectivity index (χ0v) is 10.4. The number of amides is 1. The van der Waals surface area contributed by atoms with E-state index >= 15 is 0 Å². The van der Waals surface area contributed by atoms with Crippen molar-refractivity contribution in [2.24, 2.45) is 5.92 Å². The van der Waals surface area contributed by atoms with Gasteiger partial charge in [0.05, 0.1) is 0 Å². The fourth-order valence-corrected chi connectivity index (χ4v) is 2.25. The second-order valence-electron chi connectivity index (χ2n) is 4.74. The summed E-state index contributed by atoms with van der Waals surface area (Å²) in [5.41, 5.74) is 0.0633. The molecule has 0 radical (unpaired) electrons. The Morgan fingerprint density at radius 2 is 2.22 bits per heavy atom. The zero-order valence-electron chi connectivity index (χ0n) is 10.4. The lowest BCUT2D eigenvalue weighted by Gasteiger charge is -2.37. The molecule has 2 rings (SSSR count). The molecule has 0 saturated carbocycles. The first-order valence-electron chi connectivity index (χ1n) is 6.01. The standard InChI is InChI=1S/C12H16N2O4/c1-7-4-3-5-14(8(7)2)11(15)9-6-10(12(16)17)18-13-9/h6-8H,3-5H2,1-2H3,(H,16,17). The van der Waals surface area contributed by atoms with Crippen LogP contribution >= 0.6 is 0 Å². The highest BCUT2D eigenvalue weighted by Crippen LogP contribution is 2.24. The van der Waals surface area contributed by atoms with Crippen LogP contribution in [0.15, 0.2) is 10.6 Å². The van der Waals surface area contributed by atoms with Crippen LogP contribution in [-0.2, 0) is 0 Å². The largest absolute Gasteiger partial charge is 0.475 e. The number of aromatic carboxylic acids is 1. The van der Waals surface area contributed by atoms with Crippen molar-refractivity contribution in [1.29, 1.82) is 0 Å². The Balaban J connectivity index is 2.17. The molecule has 1 saturated heterocycles. The number of hydrogen-bond donors (Lipinski definition) is 1. The maximum Gasteiger partial charge on any atom is 0.374 e. The van der Waals surface area contributed by atoms with Crippen LogP contribution in [0.2, 0.25) is 0 Å². The second-order valence-corrected chi connectivity index (χ2v) is 4.74. The summed E-state index contributed by atoms with van der Waals surface area (Å²) >= 11 is 0. The molecule has 1 aromatic rings. The summed E-state index contributed by atoms with van der Waals surface area (Å²) in [5.74, 6) is -1.35. The highest BCUT2D eigenvalue weighted by atomic mass is 16.5. The van der Waals surface area contributed by atoms with Gasteiger partial charge in [-0.3, -0.25) is 4.79 Å². The molecule has 18 heavy (non-hydrogen) atoms. The summed E-state index contributed by atoms with van der Waals surface area (Å²) in [6, 6.07) is 1.31. The van der Waals surface area contributed by atoms with Crippen LogP contribution < -0.4 is 0 Å². The van der Waals surface area contributed by atoms with Gasteiger partial charge < -0.3 is 14.5 Å². The summed E-state index contributed by atoms with van der Waals surface area (Å²) in [4.78, 5) is 24.6. The van der Waals surface area contributed by atoms with E-state index in [9.17, 15) is 9.59 Å². The van der Waals surface area contributed by atoms with Gasteiger partial charge in [0.1, 0.15) is 0 Å². The highest BCUT2D eigenvalue weighted by Gasteiger charge is 2.31. The Labute approximate surface area is 105 Å². The fraction of sp³-hybridized carbons (Fsp3) is 0.583. The first-order chi connectivity index (χ1) is 8.50. The SMILES string of the molecule is CC1CCCN(C(=O)c2cc(C(=O)O)on2)C1C. The summed E-state index contributed by atoms with van der Waals surface area (Å²) in [6.45, 7) is 4.79. The number of carbonyl (C=O) groups is 2. The van der Waals surface area contributed by atoms with Gasteiger partial charge in [0.2, 0.25) is 5.76 Å². The lowest BCUT2D eigenvalue weighted by atomic mass is 9.92. The normalized spacial score (nSPS) is 24.0. The fourth-order valence-electron chi connectivity index (χ4n) is 2.25. The number of nitrogens with zero attached hydrogens (tertiary/aromatic N) is 2. The molecule has 0 bridgehead atoms. The van der Waals surface area contributed by atoms with E-state index in [2.05, 4.69) is 16.6 Å². The predicted octanol–water partition coefficient (Wildman–Crippen LogP) is 1.63. The number of carboxylic acids is 1.